The first-order valence-electron chi connectivity index (χ1n) is 12.3. The van der Waals surface area contributed by atoms with Gasteiger partial charge < -0.3 is 13.9 Å². The third-order valence-corrected chi connectivity index (χ3v) is 5.99. The lowest BCUT2D eigenvalue weighted by atomic mass is 9.97. The van der Waals surface area contributed by atoms with Crippen molar-refractivity contribution in [2.75, 3.05) is 13.2 Å². The van der Waals surface area contributed by atoms with Gasteiger partial charge in [0.1, 0.15) is 11.3 Å². The molecule has 0 N–H and O–H groups in total. The van der Waals surface area contributed by atoms with Crippen molar-refractivity contribution < 1.29 is 31.9 Å². The number of alkyl halides is 3. The minimum Gasteiger partial charge on any atom is -0.493 e. The number of fused-ring (bicyclic) bond motifs is 1. The number of carbonyl (C=O) groups excluding carboxylic acids is 1. The van der Waals surface area contributed by atoms with E-state index in [0.717, 1.165) is 36.5 Å². The molecule has 3 aromatic rings. The van der Waals surface area contributed by atoms with Gasteiger partial charge in [0.05, 0.1) is 25.2 Å². The Morgan fingerprint density at radius 3 is 2.54 bits per heavy atom. The van der Waals surface area contributed by atoms with Gasteiger partial charge in [0.2, 0.25) is 0 Å². The van der Waals surface area contributed by atoms with Crippen molar-refractivity contribution in [1.29, 1.82) is 0 Å². The summed E-state index contributed by atoms with van der Waals surface area (Å²) in [7, 11) is 0. The maximum absolute atomic E-state index is 12.9. The summed E-state index contributed by atoms with van der Waals surface area (Å²) in [6.45, 7) is 6.54. The molecule has 8 heteroatoms. The fourth-order valence-corrected chi connectivity index (χ4v) is 4.10. The van der Waals surface area contributed by atoms with Crippen LogP contribution in [0.1, 0.15) is 43.7 Å². The lowest BCUT2D eigenvalue weighted by molar-refractivity contribution is -0.157. The average molecular weight is 517 g/mol. The molecule has 0 bridgehead atoms. The second kappa shape index (κ2) is 12.6. The molecule has 2 aromatic carbocycles. The molecule has 3 rings (SSSR count). The number of esters is 1. The Morgan fingerprint density at radius 2 is 1.86 bits per heavy atom. The van der Waals surface area contributed by atoms with Crippen molar-refractivity contribution in [3.8, 4) is 16.9 Å². The van der Waals surface area contributed by atoms with Crippen LogP contribution in [0.25, 0.3) is 22.1 Å². The highest BCUT2D eigenvalue weighted by atomic mass is 19.4. The number of unbranched alkanes of at least 4 members (excludes halogenated alkanes) is 2. The normalized spacial score (nSPS) is 12.4. The highest BCUT2D eigenvalue weighted by Crippen LogP contribution is 2.29. The minimum atomic E-state index is -4.45. The predicted octanol–water partition coefficient (Wildman–Crippen LogP) is 7.18. The Hall–Kier alpha value is -3.55. The van der Waals surface area contributed by atoms with E-state index >= 15 is 0 Å². The quantitative estimate of drug-likeness (QED) is 0.110. The van der Waals surface area contributed by atoms with E-state index in [1.54, 1.807) is 18.2 Å². The first-order valence-corrected chi connectivity index (χ1v) is 12.3. The van der Waals surface area contributed by atoms with E-state index in [1.165, 1.54) is 18.1 Å². The van der Waals surface area contributed by atoms with E-state index < -0.39 is 36.7 Å². The summed E-state index contributed by atoms with van der Waals surface area (Å²) in [5.41, 5.74) is 3.17. The van der Waals surface area contributed by atoms with Gasteiger partial charge in [-0.1, -0.05) is 44.5 Å². The average Bonchev–Trinajstić information content (AvgIpc) is 2.84. The second-order valence-corrected chi connectivity index (χ2v) is 9.08. The monoisotopic (exact) mass is 516 g/mol. The lowest BCUT2D eigenvalue weighted by Crippen LogP contribution is -2.25. The standard InChI is InChI=1S/C29H31F3O5/c1-4-6-7-8-20-9-12-24(19(3)13-20)25-14-22-10-11-23(15-26(22)37-28(25)34)35-17-21(16-29(30,31)32)18-36-27(33)5-2/h5,9-15,21H,2,4,6-8,16-18H2,1,3H3. The van der Waals surface area contributed by atoms with E-state index in [0.29, 0.717) is 10.9 Å². The van der Waals surface area contributed by atoms with Crippen LogP contribution in [0, 0.1) is 12.8 Å². The molecule has 5 nitrogen and oxygen atoms in total. The first-order chi connectivity index (χ1) is 17.6. The summed E-state index contributed by atoms with van der Waals surface area (Å²) < 4.78 is 54.6. The molecule has 0 aliphatic rings. The van der Waals surface area contributed by atoms with Crippen LogP contribution >= 0.6 is 0 Å². The summed E-state index contributed by atoms with van der Waals surface area (Å²) >= 11 is 0. The molecule has 1 unspecified atom stereocenters. The molecule has 0 radical (unpaired) electrons. The van der Waals surface area contributed by atoms with Gasteiger partial charge in [-0.25, -0.2) is 9.59 Å². The van der Waals surface area contributed by atoms with E-state index in [1.807, 2.05) is 19.1 Å². The number of ether oxygens (including phenoxy) is 2. The number of carbonyl (C=O) groups is 1. The van der Waals surface area contributed by atoms with E-state index in [4.69, 9.17) is 13.9 Å². The van der Waals surface area contributed by atoms with Crippen LogP contribution in [0.3, 0.4) is 0 Å². The zero-order chi connectivity index (χ0) is 27.0. The molecule has 0 aliphatic carbocycles. The summed E-state index contributed by atoms with van der Waals surface area (Å²) in [4.78, 5) is 24.1. The van der Waals surface area contributed by atoms with E-state index in [9.17, 15) is 22.8 Å². The summed E-state index contributed by atoms with van der Waals surface area (Å²) in [6.07, 6.45) is -0.311. The Balaban J connectivity index is 1.77. The number of rotatable bonds is 12. The smallest absolute Gasteiger partial charge is 0.389 e. The van der Waals surface area contributed by atoms with Crippen LogP contribution in [0.5, 0.6) is 5.75 Å². The third-order valence-electron chi connectivity index (χ3n) is 5.99. The van der Waals surface area contributed by atoms with Gasteiger partial charge in [-0.15, -0.1) is 0 Å². The fraction of sp³-hybridized carbons (Fsp3) is 0.379. The molecule has 1 aromatic heterocycles. The van der Waals surface area contributed by atoms with Crippen molar-refractivity contribution in [1.82, 2.24) is 0 Å². The van der Waals surface area contributed by atoms with E-state index in [-0.39, 0.29) is 17.9 Å². The van der Waals surface area contributed by atoms with Crippen molar-refractivity contribution in [2.45, 2.75) is 52.1 Å². The Labute approximate surface area is 213 Å². The number of aryl methyl sites for hydroxylation is 2. The Morgan fingerprint density at radius 1 is 1.08 bits per heavy atom. The van der Waals surface area contributed by atoms with E-state index in [2.05, 4.69) is 19.6 Å². The molecule has 198 valence electrons. The third kappa shape index (κ3) is 8.23. The zero-order valence-corrected chi connectivity index (χ0v) is 21.0. The van der Waals surface area contributed by atoms with Crippen molar-refractivity contribution in [2.24, 2.45) is 5.92 Å². The van der Waals surface area contributed by atoms with Crippen LogP contribution in [-0.2, 0) is 16.0 Å². The van der Waals surface area contributed by atoms with Crippen molar-refractivity contribution >= 4 is 16.9 Å². The highest BCUT2D eigenvalue weighted by Gasteiger charge is 2.33. The molecular weight excluding hydrogens is 485 g/mol. The maximum atomic E-state index is 12.9. The first kappa shape index (κ1) is 28.0. The second-order valence-electron chi connectivity index (χ2n) is 9.08. The van der Waals surface area contributed by atoms with Crippen molar-refractivity contribution in [3.05, 3.63) is 76.7 Å². The number of hydrogen-bond acceptors (Lipinski definition) is 5. The van der Waals surface area contributed by atoms with Crippen LogP contribution in [-0.4, -0.2) is 25.4 Å². The van der Waals surface area contributed by atoms with Gasteiger partial charge in [0.15, 0.2) is 0 Å². The van der Waals surface area contributed by atoms with Crippen LogP contribution in [0.4, 0.5) is 13.2 Å². The lowest BCUT2D eigenvalue weighted by Gasteiger charge is -2.19. The Bertz CT molecular complexity index is 1290. The zero-order valence-electron chi connectivity index (χ0n) is 21.0. The van der Waals surface area contributed by atoms with Crippen LogP contribution < -0.4 is 10.4 Å². The molecule has 37 heavy (non-hydrogen) atoms. The predicted molar refractivity (Wildman–Crippen MR) is 137 cm³/mol. The Kier molecular flexibility index (Phi) is 9.55. The summed E-state index contributed by atoms with van der Waals surface area (Å²) in [6, 6.07) is 12.5. The minimum absolute atomic E-state index is 0.234. The number of hydrogen-bond donors (Lipinski definition) is 0. The van der Waals surface area contributed by atoms with Gasteiger partial charge >= 0.3 is 17.8 Å². The van der Waals surface area contributed by atoms with Crippen molar-refractivity contribution in [3.63, 3.8) is 0 Å². The summed E-state index contributed by atoms with van der Waals surface area (Å²) in [5.74, 6) is -1.68. The SMILES string of the molecule is C=CC(=O)OCC(COc1ccc2cc(-c3ccc(CCCCC)cc3C)c(=O)oc2c1)CC(F)(F)F. The molecule has 0 aliphatic heterocycles. The topological polar surface area (TPSA) is 65.7 Å². The molecule has 0 amide bonds. The molecule has 1 heterocycles. The fourth-order valence-electron chi connectivity index (χ4n) is 4.10. The molecule has 0 saturated carbocycles. The molecule has 0 saturated heterocycles. The molecule has 1 atom stereocenters. The van der Waals surface area contributed by atoms with Gasteiger partial charge in [0, 0.05) is 23.4 Å². The van der Waals surface area contributed by atoms with Gasteiger partial charge in [-0.05, 0) is 54.7 Å². The van der Waals surface area contributed by atoms with Gasteiger partial charge in [-0.2, -0.15) is 13.2 Å². The molecular formula is C29H31F3O5. The molecule has 0 spiro atoms. The highest BCUT2D eigenvalue weighted by molar-refractivity contribution is 5.83. The summed E-state index contributed by atoms with van der Waals surface area (Å²) in [5, 5.41) is 0.653. The van der Waals surface area contributed by atoms with Crippen LogP contribution in [0.2, 0.25) is 0 Å². The van der Waals surface area contributed by atoms with Gasteiger partial charge in [-0.3, -0.25) is 0 Å². The maximum Gasteiger partial charge on any atom is 0.389 e. The largest absolute Gasteiger partial charge is 0.493 e. The number of benzene rings is 2. The van der Waals surface area contributed by atoms with Gasteiger partial charge in [0.25, 0.3) is 0 Å². The molecule has 0 fully saturated rings. The number of halogens is 3. The van der Waals surface area contributed by atoms with Crippen LogP contribution in [0.15, 0.2) is 64.3 Å².